The Morgan fingerprint density at radius 2 is 2.00 bits per heavy atom. The van der Waals surface area contributed by atoms with Crippen molar-refractivity contribution in [3.8, 4) is 11.3 Å². The molecule has 5 nitrogen and oxygen atoms in total. The van der Waals surface area contributed by atoms with Crippen molar-refractivity contribution >= 4 is 0 Å². The molecule has 1 N–H and O–H groups in total. The molecule has 0 radical (unpaired) electrons. The van der Waals surface area contributed by atoms with Crippen molar-refractivity contribution in [2.75, 3.05) is 20.6 Å². The molecule has 2 aromatic rings. The zero-order chi connectivity index (χ0) is 17.1. The summed E-state index contributed by atoms with van der Waals surface area (Å²) >= 11 is 0. The average Bonchev–Trinajstić information content (AvgIpc) is 2.99. The van der Waals surface area contributed by atoms with Crippen molar-refractivity contribution in [1.82, 2.24) is 10.1 Å². The van der Waals surface area contributed by atoms with E-state index in [4.69, 9.17) is 9.26 Å². The minimum atomic E-state index is -0.421. The van der Waals surface area contributed by atoms with Crippen LogP contribution in [0.4, 0.5) is 4.39 Å². The summed E-state index contributed by atoms with van der Waals surface area (Å²) in [7, 11) is 3.93. The smallest absolute Gasteiger partial charge is 0.167 e. The van der Waals surface area contributed by atoms with Gasteiger partial charge in [-0.15, -0.1) is 0 Å². The van der Waals surface area contributed by atoms with Gasteiger partial charge in [0.25, 0.3) is 0 Å². The number of nitrogens with zero attached hydrogens (tertiary/aromatic N) is 2. The van der Waals surface area contributed by atoms with Gasteiger partial charge >= 0.3 is 0 Å². The van der Waals surface area contributed by atoms with Crippen molar-refractivity contribution in [2.45, 2.75) is 37.6 Å². The third kappa shape index (κ3) is 4.20. The molecule has 24 heavy (non-hydrogen) atoms. The summed E-state index contributed by atoms with van der Waals surface area (Å²) < 4.78 is 24.4. The largest absolute Gasteiger partial charge is 0.390 e. The van der Waals surface area contributed by atoms with E-state index in [-0.39, 0.29) is 18.0 Å². The Hall–Kier alpha value is -1.76. The summed E-state index contributed by atoms with van der Waals surface area (Å²) in [5, 5.41) is 14.2. The molecule has 1 fully saturated rings. The third-order valence-corrected chi connectivity index (χ3v) is 4.25. The van der Waals surface area contributed by atoms with Gasteiger partial charge in [-0.2, -0.15) is 0 Å². The molecule has 2 heterocycles. The van der Waals surface area contributed by atoms with Gasteiger partial charge in [-0.25, -0.2) is 4.39 Å². The molecule has 0 bridgehead atoms. The molecule has 0 aliphatic carbocycles. The molecule has 0 spiro atoms. The number of ether oxygens (including phenoxy) is 1. The van der Waals surface area contributed by atoms with Crippen LogP contribution < -0.4 is 0 Å². The van der Waals surface area contributed by atoms with Gasteiger partial charge in [0.1, 0.15) is 5.82 Å². The normalized spacial score (nSPS) is 24.5. The minimum Gasteiger partial charge on any atom is -0.390 e. The van der Waals surface area contributed by atoms with Crippen LogP contribution in [0, 0.1) is 5.82 Å². The van der Waals surface area contributed by atoms with Crippen LogP contribution in [0.15, 0.2) is 34.9 Å². The molecule has 1 aliphatic heterocycles. The lowest BCUT2D eigenvalue weighted by molar-refractivity contribution is -0.122. The third-order valence-electron chi connectivity index (χ3n) is 4.25. The highest BCUT2D eigenvalue weighted by Gasteiger charge is 2.30. The first kappa shape index (κ1) is 17.1. The molecule has 130 valence electrons. The first-order valence-corrected chi connectivity index (χ1v) is 8.21. The first-order chi connectivity index (χ1) is 11.5. The second-order valence-corrected chi connectivity index (χ2v) is 6.60. The Kier molecular flexibility index (Phi) is 5.28. The van der Waals surface area contributed by atoms with Crippen LogP contribution in [0.2, 0.25) is 0 Å². The van der Waals surface area contributed by atoms with Gasteiger partial charge in [0.05, 0.1) is 24.0 Å². The Bertz CT molecular complexity index is 657. The predicted octanol–water partition coefficient (Wildman–Crippen LogP) is 2.49. The van der Waals surface area contributed by atoms with E-state index in [0.29, 0.717) is 18.7 Å². The maximum Gasteiger partial charge on any atom is 0.167 e. The molecule has 6 heteroatoms. The van der Waals surface area contributed by atoms with E-state index in [0.717, 1.165) is 24.1 Å². The fourth-order valence-corrected chi connectivity index (χ4v) is 3.01. The Morgan fingerprint density at radius 3 is 2.71 bits per heavy atom. The zero-order valence-corrected chi connectivity index (χ0v) is 14.0. The van der Waals surface area contributed by atoms with Crippen LogP contribution in [0.25, 0.3) is 11.3 Å². The molecule has 1 aromatic carbocycles. The highest BCUT2D eigenvalue weighted by atomic mass is 19.1. The Labute approximate surface area is 141 Å². The maximum absolute atomic E-state index is 13.0. The lowest BCUT2D eigenvalue weighted by Gasteiger charge is -2.35. The molecule has 3 rings (SSSR count). The first-order valence-electron chi connectivity index (χ1n) is 8.21. The fraction of sp³-hybridized carbons (Fsp3) is 0.500. The molecular formula is C18H23FN2O3. The maximum atomic E-state index is 13.0. The van der Waals surface area contributed by atoms with Gasteiger partial charge in [0.2, 0.25) is 0 Å². The molecule has 3 atom stereocenters. The van der Waals surface area contributed by atoms with Gasteiger partial charge in [-0.05, 0) is 51.2 Å². The zero-order valence-electron chi connectivity index (χ0n) is 14.0. The lowest BCUT2D eigenvalue weighted by Crippen LogP contribution is -2.45. The van der Waals surface area contributed by atoms with Crippen LogP contribution in [-0.2, 0) is 11.2 Å². The summed E-state index contributed by atoms with van der Waals surface area (Å²) in [6.45, 7) is 0.692. The van der Waals surface area contributed by atoms with E-state index in [1.807, 2.05) is 25.1 Å². The van der Waals surface area contributed by atoms with E-state index < -0.39 is 6.10 Å². The highest BCUT2D eigenvalue weighted by molar-refractivity contribution is 5.57. The monoisotopic (exact) mass is 334 g/mol. The van der Waals surface area contributed by atoms with Crippen LogP contribution in [-0.4, -0.2) is 54.1 Å². The summed E-state index contributed by atoms with van der Waals surface area (Å²) in [4.78, 5) is 2.01. The van der Waals surface area contributed by atoms with Gasteiger partial charge in [-0.3, -0.25) is 0 Å². The van der Waals surface area contributed by atoms with Gasteiger partial charge < -0.3 is 19.3 Å². The molecule has 1 aliphatic rings. The van der Waals surface area contributed by atoms with E-state index in [1.165, 1.54) is 12.1 Å². The SMILES string of the molecule is CN(C)CC1OC(Cc2cc(-c3ccc(F)cc3)on2)CCC1O. The number of halogens is 1. The molecule has 1 saturated heterocycles. The van der Waals surface area contributed by atoms with E-state index in [2.05, 4.69) is 5.16 Å². The number of likely N-dealkylation sites (N-methyl/N-ethyl adjacent to an activating group) is 1. The van der Waals surface area contributed by atoms with Crippen molar-refractivity contribution in [1.29, 1.82) is 0 Å². The van der Waals surface area contributed by atoms with Gasteiger partial charge in [0.15, 0.2) is 5.76 Å². The van der Waals surface area contributed by atoms with Crippen molar-refractivity contribution in [2.24, 2.45) is 0 Å². The molecule has 0 amide bonds. The molecule has 1 aromatic heterocycles. The number of hydrogen-bond donors (Lipinski definition) is 1. The number of aliphatic hydroxyl groups excluding tert-OH is 1. The lowest BCUT2D eigenvalue weighted by atomic mass is 9.98. The summed E-state index contributed by atoms with van der Waals surface area (Å²) in [5.41, 5.74) is 1.60. The molecule has 0 saturated carbocycles. The van der Waals surface area contributed by atoms with Crippen molar-refractivity contribution in [3.63, 3.8) is 0 Å². The summed E-state index contributed by atoms with van der Waals surface area (Å²) in [6.07, 6.45) is 1.58. The highest BCUT2D eigenvalue weighted by Crippen LogP contribution is 2.25. The number of benzene rings is 1. The van der Waals surface area contributed by atoms with Crippen LogP contribution in [0.3, 0.4) is 0 Å². The van der Waals surface area contributed by atoms with Crippen LogP contribution in [0.1, 0.15) is 18.5 Å². The number of rotatable bonds is 5. The number of hydrogen-bond acceptors (Lipinski definition) is 5. The minimum absolute atomic E-state index is 0.0181. The van der Waals surface area contributed by atoms with Gasteiger partial charge in [-0.1, -0.05) is 5.16 Å². The Balaban J connectivity index is 1.63. The summed E-state index contributed by atoms with van der Waals surface area (Å²) in [5.74, 6) is 0.338. The Morgan fingerprint density at radius 1 is 1.25 bits per heavy atom. The second kappa shape index (κ2) is 7.42. The topological polar surface area (TPSA) is 58.7 Å². The van der Waals surface area contributed by atoms with E-state index >= 15 is 0 Å². The number of aromatic nitrogens is 1. The molecular weight excluding hydrogens is 311 g/mol. The second-order valence-electron chi connectivity index (χ2n) is 6.60. The average molecular weight is 334 g/mol. The summed E-state index contributed by atoms with van der Waals surface area (Å²) in [6, 6.07) is 7.99. The predicted molar refractivity (Wildman–Crippen MR) is 88.1 cm³/mol. The quantitative estimate of drug-likeness (QED) is 0.910. The van der Waals surface area contributed by atoms with Crippen LogP contribution in [0.5, 0.6) is 0 Å². The van der Waals surface area contributed by atoms with E-state index in [1.54, 1.807) is 12.1 Å². The van der Waals surface area contributed by atoms with Crippen LogP contribution >= 0.6 is 0 Å². The standard InChI is InChI=1S/C18H23FN2O3/c1-21(2)11-18-16(22)8-7-15(23-18)9-14-10-17(24-20-14)12-3-5-13(19)6-4-12/h3-6,10,15-16,18,22H,7-9,11H2,1-2H3. The molecule has 3 unspecified atom stereocenters. The van der Waals surface area contributed by atoms with Crippen molar-refractivity contribution in [3.05, 3.63) is 41.8 Å². The van der Waals surface area contributed by atoms with E-state index in [9.17, 15) is 9.50 Å². The van der Waals surface area contributed by atoms with Crippen molar-refractivity contribution < 1.29 is 18.8 Å². The number of aliphatic hydroxyl groups is 1. The van der Waals surface area contributed by atoms with Gasteiger partial charge in [0, 0.05) is 24.6 Å². The fourth-order valence-electron chi connectivity index (χ4n) is 3.01.